The highest BCUT2D eigenvalue weighted by Crippen LogP contribution is 2.28. The van der Waals surface area contributed by atoms with Crippen molar-refractivity contribution in [2.45, 2.75) is 0 Å². The zero-order valence-corrected chi connectivity index (χ0v) is 15.6. The van der Waals surface area contributed by atoms with Gasteiger partial charge in [0.2, 0.25) is 0 Å². The number of pyridine rings is 1. The number of aromatic nitrogens is 1. The number of nitrogens with zero attached hydrogens (tertiary/aromatic N) is 1. The highest BCUT2D eigenvalue weighted by Gasteiger charge is 2.09. The van der Waals surface area contributed by atoms with Crippen molar-refractivity contribution in [2.75, 3.05) is 11.9 Å². The number of carbonyl (C=O) groups is 1. The molecule has 0 aliphatic heterocycles. The second-order valence-corrected chi connectivity index (χ2v) is 6.89. The van der Waals surface area contributed by atoms with E-state index < -0.39 is 0 Å². The summed E-state index contributed by atoms with van der Waals surface area (Å²) in [5, 5.41) is 8.26. The molecule has 1 amide bonds. The maximum absolute atomic E-state index is 12.5. The van der Waals surface area contributed by atoms with Crippen molar-refractivity contribution >= 4 is 44.0 Å². The summed E-state index contributed by atoms with van der Waals surface area (Å²) in [5.74, 6) is 0.461. The molecule has 140 valence electrons. The fraction of sp³-hybridized carbons (Fsp3) is 0.0400. The van der Waals surface area contributed by atoms with Crippen LogP contribution in [0.2, 0.25) is 0 Å². The number of ether oxygens (including phenoxy) is 1. The van der Waals surface area contributed by atoms with Gasteiger partial charge in [-0.05, 0) is 34.4 Å². The van der Waals surface area contributed by atoms with E-state index in [0.29, 0.717) is 5.75 Å². The van der Waals surface area contributed by atoms with Gasteiger partial charge >= 0.3 is 0 Å². The van der Waals surface area contributed by atoms with Gasteiger partial charge in [0, 0.05) is 17.0 Å². The first-order valence-corrected chi connectivity index (χ1v) is 9.46. The maximum Gasteiger partial charge on any atom is 0.262 e. The second-order valence-electron chi connectivity index (χ2n) is 6.89. The quantitative estimate of drug-likeness (QED) is 0.417. The molecule has 1 N–H and O–H groups in total. The molecule has 0 saturated heterocycles. The Hall–Kier alpha value is -3.92. The molecule has 5 rings (SSSR count). The van der Waals surface area contributed by atoms with Crippen molar-refractivity contribution in [3.8, 4) is 5.75 Å². The lowest BCUT2D eigenvalue weighted by Crippen LogP contribution is -2.20. The van der Waals surface area contributed by atoms with Crippen LogP contribution >= 0.6 is 0 Å². The number of rotatable bonds is 4. The maximum atomic E-state index is 12.5. The van der Waals surface area contributed by atoms with E-state index >= 15 is 0 Å². The van der Waals surface area contributed by atoms with E-state index in [-0.39, 0.29) is 12.5 Å². The molecule has 0 bridgehead atoms. The summed E-state index contributed by atoms with van der Waals surface area (Å²) in [6.07, 6.45) is 1.72. The Balaban J connectivity index is 1.36. The number of hydrogen-bond donors (Lipinski definition) is 1. The summed E-state index contributed by atoms with van der Waals surface area (Å²) in [4.78, 5) is 17.0. The average molecular weight is 378 g/mol. The van der Waals surface area contributed by atoms with E-state index in [1.165, 1.54) is 0 Å². The van der Waals surface area contributed by atoms with Gasteiger partial charge in [-0.25, -0.2) is 0 Å². The molecule has 0 saturated carbocycles. The van der Waals surface area contributed by atoms with Gasteiger partial charge < -0.3 is 10.1 Å². The molecule has 4 heteroatoms. The SMILES string of the molecule is O=C(COc1ccc2ccccc2c1)Nc1ccnc2c1ccc1ccccc12. The number of anilines is 1. The Bertz CT molecular complexity index is 1360. The van der Waals surface area contributed by atoms with Crippen molar-refractivity contribution in [2.24, 2.45) is 0 Å². The van der Waals surface area contributed by atoms with Crippen molar-refractivity contribution in [1.29, 1.82) is 0 Å². The number of fused-ring (bicyclic) bond motifs is 4. The zero-order valence-electron chi connectivity index (χ0n) is 15.6. The number of hydrogen-bond acceptors (Lipinski definition) is 3. The third-order valence-electron chi connectivity index (χ3n) is 5.00. The van der Waals surface area contributed by atoms with Crippen LogP contribution in [-0.4, -0.2) is 17.5 Å². The molecule has 4 aromatic carbocycles. The first kappa shape index (κ1) is 17.2. The van der Waals surface area contributed by atoms with Gasteiger partial charge in [-0.1, -0.05) is 66.7 Å². The van der Waals surface area contributed by atoms with Gasteiger partial charge in [0.1, 0.15) is 5.75 Å². The fourth-order valence-electron chi connectivity index (χ4n) is 3.59. The molecule has 0 atom stereocenters. The van der Waals surface area contributed by atoms with E-state index in [1.807, 2.05) is 78.9 Å². The minimum absolute atomic E-state index is 0.0598. The van der Waals surface area contributed by atoms with Crippen LogP contribution in [0.3, 0.4) is 0 Å². The van der Waals surface area contributed by atoms with Crippen LogP contribution in [0, 0.1) is 0 Å². The predicted molar refractivity (Wildman–Crippen MR) is 117 cm³/mol. The van der Waals surface area contributed by atoms with Crippen LogP contribution in [-0.2, 0) is 4.79 Å². The normalized spacial score (nSPS) is 11.0. The Morgan fingerprint density at radius 1 is 0.793 bits per heavy atom. The molecule has 0 aliphatic carbocycles. The predicted octanol–water partition coefficient (Wildman–Crippen LogP) is 5.56. The van der Waals surface area contributed by atoms with E-state index in [2.05, 4.69) is 16.4 Å². The van der Waals surface area contributed by atoms with Crippen LogP contribution in [0.25, 0.3) is 32.4 Å². The number of benzene rings is 4. The molecular formula is C25H18N2O2. The van der Waals surface area contributed by atoms with E-state index in [1.54, 1.807) is 6.20 Å². The minimum atomic E-state index is -0.209. The first-order chi connectivity index (χ1) is 14.3. The van der Waals surface area contributed by atoms with Gasteiger partial charge in [-0.15, -0.1) is 0 Å². The summed E-state index contributed by atoms with van der Waals surface area (Å²) in [6, 6.07) is 27.8. The molecular weight excluding hydrogens is 360 g/mol. The summed E-state index contributed by atoms with van der Waals surface area (Å²) < 4.78 is 5.70. The zero-order chi connectivity index (χ0) is 19.6. The lowest BCUT2D eigenvalue weighted by atomic mass is 10.1. The average Bonchev–Trinajstić information content (AvgIpc) is 2.77. The molecule has 1 heterocycles. The van der Waals surface area contributed by atoms with Crippen molar-refractivity contribution in [3.63, 3.8) is 0 Å². The molecule has 0 unspecified atom stereocenters. The molecule has 0 spiro atoms. The Morgan fingerprint density at radius 2 is 1.55 bits per heavy atom. The van der Waals surface area contributed by atoms with Crippen molar-refractivity contribution < 1.29 is 9.53 Å². The highest BCUT2D eigenvalue weighted by atomic mass is 16.5. The van der Waals surface area contributed by atoms with Crippen LogP contribution in [0.4, 0.5) is 5.69 Å². The number of nitrogens with one attached hydrogen (secondary N) is 1. The molecule has 0 radical (unpaired) electrons. The summed E-state index contributed by atoms with van der Waals surface area (Å²) in [7, 11) is 0. The monoisotopic (exact) mass is 378 g/mol. The van der Waals surface area contributed by atoms with Gasteiger partial charge in [0.25, 0.3) is 5.91 Å². The standard InChI is InChI=1S/C25H18N2O2/c28-24(16-29-20-11-9-17-5-1-2-7-19(17)15-20)27-23-13-14-26-25-21-8-4-3-6-18(21)10-12-22(23)25/h1-15H,16H2,(H,26,27,28). The molecule has 4 nitrogen and oxygen atoms in total. The first-order valence-electron chi connectivity index (χ1n) is 9.46. The minimum Gasteiger partial charge on any atom is -0.484 e. The lowest BCUT2D eigenvalue weighted by molar-refractivity contribution is -0.118. The lowest BCUT2D eigenvalue weighted by Gasteiger charge is -2.11. The molecule has 29 heavy (non-hydrogen) atoms. The largest absolute Gasteiger partial charge is 0.484 e. The number of amides is 1. The molecule has 0 aliphatic rings. The van der Waals surface area contributed by atoms with Gasteiger partial charge in [-0.2, -0.15) is 0 Å². The van der Waals surface area contributed by atoms with Gasteiger partial charge in [0.15, 0.2) is 6.61 Å². The number of carbonyl (C=O) groups excluding carboxylic acids is 1. The van der Waals surface area contributed by atoms with Crippen LogP contribution in [0.5, 0.6) is 5.75 Å². The van der Waals surface area contributed by atoms with Gasteiger partial charge in [0.05, 0.1) is 11.2 Å². The smallest absolute Gasteiger partial charge is 0.262 e. The van der Waals surface area contributed by atoms with Crippen LogP contribution < -0.4 is 10.1 Å². The van der Waals surface area contributed by atoms with E-state index in [9.17, 15) is 4.79 Å². The second kappa shape index (κ2) is 7.24. The third kappa shape index (κ3) is 3.36. The summed E-state index contributed by atoms with van der Waals surface area (Å²) >= 11 is 0. The topological polar surface area (TPSA) is 51.2 Å². The molecule has 1 aromatic heterocycles. The van der Waals surface area contributed by atoms with Crippen LogP contribution in [0.1, 0.15) is 0 Å². The summed E-state index contributed by atoms with van der Waals surface area (Å²) in [6.45, 7) is -0.0598. The molecule has 0 fully saturated rings. The summed E-state index contributed by atoms with van der Waals surface area (Å²) in [5.41, 5.74) is 1.60. The highest BCUT2D eigenvalue weighted by molar-refractivity contribution is 6.11. The molecule has 5 aromatic rings. The van der Waals surface area contributed by atoms with E-state index in [4.69, 9.17) is 4.74 Å². The van der Waals surface area contributed by atoms with Crippen LogP contribution in [0.15, 0.2) is 91.1 Å². The van der Waals surface area contributed by atoms with Crippen molar-refractivity contribution in [1.82, 2.24) is 4.98 Å². The fourth-order valence-corrected chi connectivity index (χ4v) is 3.59. The van der Waals surface area contributed by atoms with Crippen molar-refractivity contribution in [3.05, 3.63) is 91.1 Å². The van der Waals surface area contributed by atoms with Gasteiger partial charge in [-0.3, -0.25) is 9.78 Å². The Labute approximate surface area is 167 Å². The Morgan fingerprint density at radius 3 is 2.45 bits per heavy atom. The van der Waals surface area contributed by atoms with E-state index in [0.717, 1.165) is 38.1 Å². The Kier molecular flexibility index (Phi) is 4.30. The third-order valence-corrected chi connectivity index (χ3v) is 5.00.